The number of hydrogen-bond donors (Lipinski definition) is 0. The average Bonchev–Trinajstić information content (AvgIpc) is 1.88. The van der Waals surface area contributed by atoms with Gasteiger partial charge in [-0.1, -0.05) is 0 Å². The van der Waals surface area contributed by atoms with Crippen molar-refractivity contribution in [3.8, 4) is 0 Å². The van der Waals surface area contributed by atoms with E-state index in [4.69, 9.17) is 9.47 Å². The standard InChI is InChI=1S/C7H11O3/c1-6(8)10-7-3-2-4-9-5-7/h7H,1-5H2. The molecule has 1 rings (SSSR count). The van der Waals surface area contributed by atoms with Gasteiger partial charge in [-0.25, -0.2) is 0 Å². The van der Waals surface area contributed by atoms with Crippen molar-refractivity contribution in [1.29, 1.82) is 0 Å². The Kier molecular flexibility index (Phi) is 2.68. The first-order chi connectivity index (χ1) is 4.79. The summed E-state index contributed by atoms with van der Waals surface area (Å²) in [7, 11) is 0. The van der Waals surface area contributed by atoms with E-state index in [9.17, 15) is 4.79 Å². The summed E-state index contributed by atoms with van der Waals surface area (Å²) in [6.07, 6.45) is 1.82. The summed E-state index contributed by atoms with van der Waals surface area (Å²) in [5.41, 5.74) is 0. The SMILES string of the molecule is [CH2]C(=O)OC1CCCOC1. The van der Waals surface area contributed by atoms with Crippen LogP contribution in [0.2, 0.25) is 0 Å². The Morgan fingerprint density at radius 1 is 1.70 bits per heavy atom. The molecule has 1 radical (unpaired) electrons. The van der Waals surface area contributed by atoms with Gasteiger partial charge in [-0.05, 0) is 12.8 Å². The monoisotopic (exact) mass is 143 g/mol. The van der Waals surface area contributed by atoms with Gasteiger partial charge in [0.1, 0.15) is 6.10 Å². The van der Waals surface area contributed by atoms with Crippen molar-refractivity contribution in [3.63, 3.8) is 0 Å². The molecule has 0 aromatic heterocycles. The summed E-state index contributed by atoms with van der Waals surface area (Å²) in [4.78, 5) is 10.3. The first kappa shape index (κ1) is 7.54. The number of esters is 1. The van der Waals surface area contributed by atoms with Gasteiger partial charge in [-0.2, -0.15) is 0 Å². The molecule has 3 nitrogen and oxygen atoms in total. The molecule has 0 aromatic rings. The molecule has 1 fully saturated rings. The summed E-state index contributed by atoms with van der Waals surface area (Å²) in [5, 5.41) is 0. The van der Waals surface area contributed by atoms with Crippen LogP contribution in [0.3, 0.4) is 0 Å². The maximum atomic E-state index is 10.3. The number of hydrogen-bond acceptors (Lipinski definition) is 3. The van der Waals surface area contributed by atoms with Crippen molar-refractivity contribution in [1.82, 2.24) is 0 Å². The van der Waals surface area contributed by atoms with E-state index in [-0.39, 0.29) is 6.10 Å². The van der Waals surface area contributed by atoms with Crippen LogP contribution >= 0.6 is 0 Å². The third-order valence-corrected chi connectivity index (χ3v) is 1.42. The van der Waals surface area contributed by atoms with Gasteiger partial charge in [0, 0.05) is 6.61 Å². The molecule has 1 atom stereocenters. The highest BCUT2D eigenvalue weighted by molar-refractivity contribution is 5.73. The topological polar surface area (TPSA) is 35.5 Å². The summed E-state index contributed by atoms with van der Waals surface area (Å²) < 4.78 is 9.89. The number of carbonyl (C=O) groups is 1. The fraction of sp³-hybridized carbons (Fsp3) is 0.714. The molecule has 1 heterocycles. The molecule has 3 heteroatoms. The Hall–Kier alpha value is -0.570. The highest BCUT2D eigenvalue weighted by atomic mass is 16.6. The minimum atomic E-state index is -0.462. The van der Waals surface area contributed by atoms with Crippen molar-refractivity contribution in [2.45, 2.75) is 18.9 Å². The molecule has 0 amide bonds. The Balaban J connectivity index is 2.19. The van der Waals surface area contributed by atoms with E-state index in [1.165, 1.54) is 0 Å². The van der Waals surface area contributed by atoms with Crippen molar-refractivity contribution < 1.29 is 14.3 Å². The maximum Gasteiger partial charge on any atom is 0.306 e. The minimum Gasteiger partial charge on any atom is -0.460 e. The van der Waals surface area contributed by atoms with Crippen molar-refractivity contribution in [2.75, 3.05) is 13.2 Å². The molecule has 1 aliphatic rings. The van der Waals surface area contributed by atoms with Gasteiger partial charge in [-0.3, -0.25) is 4.79 Å². The third kappa shape index (κ3) is 2.35. The number of rotatable bonds is 1. The third-order valence-electron chi connectivity index (χ3n) is 1.42. The summed E-state index contributed by atoms with van der Waals surface area (Å²) in [5.74, 6) is -0.462. The first-order valence-corrected chi connectivity index (χ1v) is 3.39. The van der Waals surface area contributed by atoms with Crippen LogP contribution in [-0.4, -0.2) is 25.3 Å². The largest absolute Gasteiger partial charge is 0.460 e. The van der Waals surface area contributed by atoms with Gasteiger partial charge in [-0.15, -0.1) is 0 Å². The number of ether oxygens (including phenoxy) is 2. The lowest BCUT2D eigenvalue weighted by molar-refractivity contribution is -0.149. The summed E-state index contributed by atoms with van der Waals surface area (Å²) in [6, 6.07) is 0. The lowest BCUT2D eigenvalue weighted by Crippen LogP contribution is -2.27. The lowest BCUT2D eigenvalue weighted by atomic mass is 10.2. The average molecular weight is 143 g/mol. The molecule has 1 saturated heterocycles. The van der Waals surface area contributed by atoms with E-state index in [1.54, 1.807) is 0 Å². The second kappa shape index (κ2) is 3.56. The molecule has 0 saturated carbocycles. The van der Waals surface area contributed by atoms with E-state index in [0.717, 1.165) is 19.4 Å². The number of carbonyl (C=O) groups excluding carboxylic acids is 1. The molecular formula is C7H11O3. The maximum absolute atomic E-state index is 10.3. The molecule has 10 heavy (non-hydrogen) atoms. The van der Waals surface area contributed by atoms with Crippen LogP contribution in [0.25, 0.3) is 0 Å². The van der Waals surface area contributed by atoms with Gasteiger partial charge in [0.05, 0.1) is 13.5 Å². The van der Waals surface area contributed by atoms with Crippen LogP contribution in [-0.2, 0) is 14.3 Å². The van der Waals surface area contributed by atoms with E-state index in [1.807, 2.05) is 0 Å². The fourth-order valence-electron chi connectivity index (χ4n) is 0.990. The Morgan fingerprint density at radius 2 is 2.50 bits per heavy atom. The zero-order valence-electron chi connectivity index (χ0n) is 5.84. The van der Waals surface area contributed by atoms with E-state index in [0.29, 0.717) is 6.61 Å². The normalized spacial score (nSPS) is 25.9. The van der Waals surface area contributed by atoms with Crippen molar-refractivity contribution in [3.05, 3.63) is 6.92 Å². The highest BCUT2D eigenvalue weighted by Crippen LogP contribution is 2.09. The molecule has 0 N–H and O–H groups in total. The fourth-order valence-corrected chi connectivity index (χ4v) is 0.990. The lowest BCUT2D eigenvalue weighted by Gasteiger charge is -2.21. The Bertz CT molecular complexity index is 116. The van der Waals surface area contributed by atoms with Gasteiger partial charge < -0.3 is 9.47 Å². The minimum absolute atomic E-state index is 0.0567. The van der Waals surface area contributed by atoms with Gasteiger partial charge in [0.15, 0.2) is 0 Å². The van der Waals surface area contributed by atoms with Crippen molar-refractivity contribution in [2.24, 2.45) is 0 Å². The van der Waals surface area contributed by atoms with E-state index < -0.39 is 5.97 Å². The van der Waals surface area contributed by atoms with Gasteiger partial charge >= 0.3 is 5.97 Å². The molecule has 0 aromatic carbocycles. The zero-order valence-corrected chi connectivity index (χ0v) is 5.84. The second-order valence-corrected chi connectivity index (χ2v) is 2.33. The molecule has 1 unspecified atom stereocenters. The molecule has 0 bridgehead atoms. The Morgan fingerprint density at radius 3 is 3.00 bits per heavy atom. The predicted octanol–water partition coefficient (Wildman–Crippen LogP) is 0.543. The molecular weight excluding hydrogens is 132 g/mol. The van der Waals surface area contributed by atoms with Gasteiger partial charge in [0.2, 0.25) is 0 Å². The van der Waals surface area contributed by atoms with E-state index >= 15 is 0 Å². The second-order valence-electron chi connectivity index (χ2n) is 2.33. The predicted molar refractivity (Wildman–Crippen MR) is 35.3 cm³/mol. The van der Waals surface area contributed by atoms with Crippen LogP contribution in [0.15, 0.2) is 0 Å². The molecule has 57 valence electrons. The smallest absolute Gasteiger partial charge is 0.306 e. The quantitative estimate of drug-likeness (QED) is 0.502. The van der Waals surface area contributed by atoms with Crippen LogP contribution in [0.4, 0.5) is 0 Å². The molecule has 1 aliphatic heterocycles. The van der Waals surface area contributed by atoms with Crippen molar-refractivity contribution >= 4 is 5.97 Å². The van der Waals surface area contributed by atoms with Crippen LogP contribution < -0.4 is 0 Å². The highest BCUT2D eigenvalue weighted by Gasteiger charge is 2.15. The van der Waals surface area contributed by atoms with Crippen LogP contribution in [0.1, 0.15) is 12.8 Å². The first-order valence-electron chi connectivity index (χ1n) is 3.39. The van der Waals surface area contributed by atoms with E-state index in [2.05, 4.69) is 6.92 Å². The summed E-state index contributed by atoms with van der Waals surface area (Å²) >= 11 is 0. The summed E-state index contributed by atoms with van der Waals surface area (Å²) in [6.45, 7) is 4.43. The molecule has 0 aliphatic carbocycles. The van der Waals surface area contributed by atoms with Crippen LogP contribution in [0, 0.1) is 6.92 Å². The molecule has 0 spiro atoms. The van der Waals surface area contributed by atoms with Crippen LogP contribution in [0.5, 0.6) is 0 Å². The Labute approximate surface area is 60.3 Å². The zero-order chi connectivity index (χ0) is 7.40. The van der Waals surface area contributed by atoms with Gasteiger partial charge in [0.25, 0.3) is 0 Å².